The van der Waals surface area contributed by atoms with E-state index >= 15 is 0 Å². The summed E-state index contributed by atoms with van der Waals surface area (Å²) in [6.45, 7) is -1.89. The van der Waals surface area contributed by atoms with E-state index in [9.17, 15) is 43.6 Å². The topological polar surface area (TPSA) is 101 Å². The number of nitrogens with zero attached hydrogens (tertiary/aromatic N) is 2. The maximum Gasteiger partial charge on any atom is 0.422 e. The van der Waals surface area contributed by atoms with E-state index in [1.807, 2.05) is 0 Å². The zero-order valence-corrected chi connectivity index (χ0v) is 20.6. The van der Waals surface area contributed by atoms with Gasteiger partial charge in [-0.05, 0) is 30.3 Å². The number of sulfone groups is 2. The molecule has 0 unspecified atom stereocenters. The van der Waals surface area contributed by atoms with Gasteiger partial charge < -0.3 is 14.5 Å². The number of hydrogen-bond donors (Lipinski definition) is 0. The number of anilines is 1. The van der Waals surface area contributed by atoms with Gasteiger partial charge in [0.15, 0.2) is 37.9 Å². The Hall–Kier alpha value is -2.94. The van der Waals surface area contributed by atoms with Crippen LogP contribution < -0.4 is 9.64 Å². The Morgan fingerprint density at radius 3 is 2.06 bits per heavy atom. The molecule has 3 rings (SSSR count). The molecule has 0 bridgehead atoms. The van der Waals surface area contributed by atoms with E-state index in [1.165, 1.54) is 9.80 Å². The number of amides is 1. The van der Waals surface area contributed by atoms with E-state index in [0.29, 0.717) is 0 Å². The maximum atomic E-state index is 14.6. The number of benzene rings is 2. The minimum absolute atomic E-state index is 0.0230. The van der Waals surface area contributed by atoms with Crippen LogP contribution in [-0.4, -0.2) is 79.1 Å². The summed E-state index contributed by atoms with van der Waals surface area (Å²) in [4.78, 5) is 14.6. The van der Waals surface area contributed by atoms with E-state index in [1.54, 1.807) is 0 Å². The molecule has 36 heavy (non-hydrogen) atoms. The summed E-state index contributed by atoms with van der Waals surface area (Å²) >= 11 is 0. The van der Waals surface area contributed by atoms with Crippen molar-refractivity contribution < 1.29 is 48.3 Å². The van der Waals surface area contributed by atoms with Crippen LogP contribution in [0.1, 0.15) is 10.4 Å². The largest absolute Gasteiger partial charge is 0.483 e. The number of rotatable bonds is 6. The second-order valence-corrected chi connectivity index (χ2v) is 12.1. The molecule has 1 amide bonds. The highest BCUT2D eigenvalue weighted by atomic mass is 32.2. The van der Waals surface area contributed by atoms with Crippen molar-refractivity contribution in [3.05, 3.63) is 47.5 Å². The molecule has 198 valence electrons. The van der Waals surface area contributed by atoms with Gasteiger partial charge in [0.25, 0.3) is 5.91 Å². The van der Waals surface area contributed by atoms with Gasteiger partial charge in [0.2, 0.25) is 0 Å². The Bertz CT molecular complexity index is 1390. The lowest BCUT2D eigenvalue weighted by Crippen LogP contribution is -2.49. The molecule has 0 atom stereocenters. The van der Waals surface area contributed by atoms with Crippen LogP contribution in [0.25, 0.3) is 0 Å². The van der Waals surface area contributed by atoms with Gasteiger partial charge >= 0.3 is 6.18 Å². The lowest BCUT2D eigenvalue weighted by molar-refractivity contribution is -0.153. The number of alkyl halides is 3. The van der Waals surface area contributed by atoms with Gasteiger partial charge in [-0.1, -0.05) is 0 Å². The number of piperazine rings is 1. The first kappa shape index (κ1) is 27.6. The molecule has 15 heteroatoms. The highest BCUT2D eigenvalue weighted by Crippen LogP contribution is 2.30. The van der Waals surface area contributed by atoms with Gasteiger partial charge in [-0.15, -0.1) is 0 Å². The fourth-order valence-corrected chi connectivity index (χ4v) is 4.94. The third kappa shape index (κ3) is 6.24. The normalized spacial score (nSPS) is 15.2. The lowest BCUT2D eigenvalue weighted by Gasteiger charge is -2.36. The van der Waals surface area contributed by atoms with Crippen LogP contribution in [0.4, 0.5) is 27.6 Å². The van der Waals surface area contributed by atoms with E-state index < -0.39 is 66.2 Å². The van der Waals surface area contributed by atoms with Crippen LogP contribution in [0.3, 0.4) is 0 Å². The molecule has 0 radical (unpaired) electrons. The predicted molar refractivity (Wildman–Crippen MR) is 119 cm³/mol. The molecular weight excluding hydrogens is 535 g/mol. The summed E-state index contributed by atoms with van der Waals surface area (Å²) in [6.07, 6.45) is -3.10. The number of carbonyl (C=O) groups excluding carboxylic acids is 1. The fourth-order valence-electron chi connectivity index (χ4n) is 3.57. The molecular formula is C21H21F5N2O6S2. The lowest BCUT2D eigenvalue weighted by atomic mass is 10.1. The highest BCUT2D eigenvalue weighted by molar-refractivity contribution is 7.91. The van der Waals surface area contributed by atoms with E-state index in [2.05, 4.69) is 0 Å². The zero-order chi connectivity index (χ0) is 27.1. The van der Waals surface area contributed by atoms with Crippen LogP contribution >= 0.6 is 0 Å². The molecule has 0 spiro atoms. The van der Waals surface area contributed by atoms with Gasteiger partial charge in [-0.2, -0.15) is 13.2 Å². The molecule has 1 aliphatic heterocycles. The van der Waals surface area contributed by atoms with Crippen LogP contribution in [0.15, 0.2) is 40.1 Å². The fraction of sp³-hybridized carbons (Fsp3) is 0.381. The molecule has 0 N–H and O–H groups in total. The molecule has 8 nitrogen and oxygen atoms in total. The smallest absolute Gasteiger partial charge is 0.422 e. The average molecular weight is 557 g/mol. The molecule has 2 aromatic carbocycles. The van der Waals surface area contributed by atoms with Crippen molar-refractivity contribution in [3.63, 3.8) is 0 Å². The standard InChI is InChI=1S/C21H21F5N2O6S2/c1-35(30,31)13-3-5-16(34-12-21(24,25)26)14(11-13)20(29)28-9-7-27(8-10-28)15-4-6-17(36(2,32)33)19(23)18(15)22/h3-6,11H,7-10,12H2,1-2H3. The monoisotopic (exact) mass is 556 g/mol. The van der Waals surface area contributed by atoms with Crippen molar-refractivity contribution in [2.24, 2.45) is 0 Å². The van der Waals surface area contributed by atoms with Gasteiger partial charge in [0, 0.05) is 38.7 Å². The molecule has 0 saturated carbocycles. The molecule has 1 fully saturated rings. The second kappa shape index (κ2) is 9.84. The van der Waals surface area contributed by atoms with Crippen molar-refractivity contribution >= 4 is 31.3 Å². The third-order valence-electron chi connectivity index (χ3n) is 5.33. The first-order valence-electron chi connectivity index (χ1n) is 10.2. The SMILES string of the molecule is CS(=O)(=O)c1ccc(OCC(F)(F)F)c(C(=O)N2CCN(c3ccc(S(C)(=O)=O)c(F)c3F)CC2)c1. The van der Waals surface area contributed by atoms with Gasteiger partial charge in [-0.25, -0.2) is 25.6 Å². The zero-order valence-electron chi connectivity index (χ0n) is 19.0. The van der Waals surface area contributed by atoms with Crippen molar-refractivity contribution in [1.29, 1.82) is 0 Å². The summed E-state index contributed by atoms with van der Waals surface area (Å²) in [5.41, 5.74) is -0.620. The number of hydrogen-bond acceptors (Lipinski definition) is 7. The van der Waals surface area contributed by atoms with E-state index in [-0.39, 0.29) is 36.8 Å². The first-order chi connectivity index (χ1) is 16.5. The Balaban J connectivity index is 1.83. The van der Waals surface area contributed by atoms with Crippen molar-refractivity contribution in [1.82, 2.24) is 4.90 Å². The molecule has 0 aromatic heterocycles. The molecule has 1 saturated heterocycles. The minimum Gasteiger partial charge on any atom is -0.483 e. The quantitative estimate of drug-likeness (QED) is 0.505. The highest BCUT2D eigenvalue weighted by Gasteiger charge is 2.32. The Labute approximate surface area is 204 Å². The average Bonchev–Trinajstić information content (AvgIpc) is 2.77. The number of halogens is 5. The Morgan fingerprint density at radius 2 is 1.53 bits per heavy atom. The van der Waals surface area contributed by atoms with Crippen LogP contribution in [0.5, 0.6) is 5.75 Å². The molecule has 0 aliphatic carbocycles. The van der Waals surface area contributed by atoms with Crippen LogP contribution in [0, 0.1) is 11.6 Å². The van der Waals surface area contributed by atoms with E-state index in [0.717, 1.165) is 42.8 Å². The summed E-state index contributed by atoms with van der Waals surface area (Å²) in [6, 6.07) is 4.95. The van der Waals surface area contributed by atoms with Crippen molar-refractivity contribution in [3.8, 4) is 5.75 Å². The summed E-state index contributed by atoms with van der Waals surface area (Å²) in [5, 5.41) is 0. The molecule has 1 aliphatic rings. The maximum absolute atomic E-state index is 14.6. The van der Waals surface area contributed by atoms with Crippen molar-refractivity contribution in [2.45, 2.75) is 16.0 Å². The second-order valence-electron chi connectivity index (χ2n) is 8.10. The summed E-state index contributed by atoms with van der Waals surface area (Å²) < 4.78 is 118. The van der Waals surface area contributed by atoms with Crippen LogP contribution in [-0.2, 0) is 19.7 Å². The predicted octanol–water partition coefficient (Wildman–Crippen LogP) is 2.68. The number of carbonyl (C=O) groups is 1. The van der Waals surface area contributed by atoms with Gasteiger partial charge in [-0.3, -0.25) is 4.79 Å². The first-order valence-corrected chi connectivity index (χ1v) is 14.0. The third-order valence-corrected chi connectivity index (χ3v) is 7.56. The summed E-state index contributed by atoms with van der Waals surface area (Å²) in [5.74, 6) is -4.17. The van der Waals surface area contributed by atoms with Crippen molar-refractivity contribution in [2.75, 3.05) is 50.2 Å². The van der Waals surface area contributed by atoms with E-state index in [4.69, 9.17) is 4.74 Å². The molecule has 1 heterocycles. The minimum atomic E-state index is -4.70. The van der Waals surface area contributed by atoms with Gasteiger partial charge in [0.1, 0.15) is 10.6 Å². The van der Waals surface area contributed by atoms with Crippen LogP contribution in [0.2, 0.25) is 0 Å². The number of ether oxygens (including phenoxy) is 1. The molecule has 2 aromatic rings. The Morgan fingerprint density at radius 1 is 0.917 bits per heavy atom. The summed E-state index contributed by atoms with van der Waals surface area (Å²) in [7, 11) is -7.79. The van der Waals surface area contributed by atoms with Gasteiger partial charge in [0.05, 0.1) is 16.1 Å². The Kier molecular flexibility index (Phi) is 7.56.